The van der Waals surface area contributed by atoms with E-state index < -0.39 is 86.8 Å². The fourth-order valence-electron chi connectivity index (χ4n) is 11.0. The molecule has 0 aromatic rings. The molecule has 2 rings (SSSR count). The van der Waals surface area contributed by atoms with Gasteiger partial charge in [0.25, 0.3) is 0 Å². The molecule has 12 atom stereocenters. The van der Waals surface area contributed by atoms with Gasteiger partial charge in [-0.05, 0) is 83.5 Å². The molecule has 2 aliphatic heterocycles. The van der Waals surface area contributed by atoms with Gasteiger partial charge >= 0.3 is 0 Å². The quantitative estimate of drug-likeness (QED) is 0.0204. The minimum Gasteiger partial charge on any atom is -0.394 e. The number of amides is 1. The van der Waals surface area contributed by atoms with E-state index in [2.05, 4.69) is 92.1 Å². The molecule has 9 N–H and O–H groups in total. The summed E-state index contributed by atoms with van der Waals surface area (Å²) in [6, 6.07) is -0.938. The van der Waals surface area contributed by atoms with Gasteiger partial charge in [0.1, 0.15) is 48.8 Å². The Morgan fingerprint density at radius 3 is 1.28 bits per heavy atom. The second-order valence-electron chi connectivity index (χ2n) is 24.3. The highest BCUT2D eigenvalue weighted by atomic mass is 16.7. The van der Waals surface area contributed by atoms with Gasteiger partial charge in [-0.15, -0.1) is 0 Å². The van der Waals surface area contributed by atoms with Crippen LogP contribution in [0.25, 0.3) is 0 Å². The summed E-state index contributed by atoms with van der Waals surface area (Å²) in [5.41, 5.74) is 0. The second kappa shape index (κ2) is 56.2. The van der Waals surface area contributed by atoms with Gasteiger partial charge in [0.05, 0.1) is 32.0 Å². The molecule has 498 valence electrons. The number of aliphatic hydroxyl groups excluding tert-OH is 8. The molecular formula is C72H127NO13. The zero-order chi connectivity index (χ0) is 62.3. The summed E-state index contributed by atoms with van der Waals surface area (Å²) < 4.78 is 22.8. The molecule has 2 aliphatic rings. The van der Waals surface area contributed by atoms with E-state index in [0.29, 0.717) is 12.8 Å². The molecule has 14 heteroatoms. The minimum absolute atomic E-state index is 0.252. The lowest BCUT2D eigenvalue weighted by atomic mass is 9.97. The smallest absolute Gasteiger partial charge is 0.220 e. The van der Waals surface area contributed by atoms with Crippen LogP contribution in [0.1, 0.15) is 271 Å². The van der Waals surface area contributed by atoms with Crippen LogP contribution in [0.15, 0.2) is 85.1 Å². The van der Waals surface area contributed by atoms with E-state index in [0.717, 1.165) is 70.6 Å². The number of hydrogen-bond acceptors (Lipinski definition) is 13. The van der Waals surface area contributed by atoms with E-state index >= 15 is 0 Å². The average Bonchev–Trinajstić information content (AvgIpc) is 2.76. The Morgan fingerprint density at radius 2 is 0.814 bits per heavy atom. The number of hydrogen-bond donors (Lipinski definition) is 9. The van der Waals surface area contributed by atoms with Crippen LogP contribution in [0.4, 0.5) is 0 Å². The van der Waals surface area contributed by atoms with E-state index in [4.69, 9.17) is 18.9 Å². The third kappa shape index (κ3) is 40.0. The summed E-state index contributed by atoms with van der Waals surface area (Å²) in [6.07, 6.45) is 61.1. The van der Waals surface area contributed by atoms with Crippen LogP contribution in [0.2, 0.25) is 0 Å². The number of nitrogens with one attached hydrogen (secondary N) is 1. The van der Waals surface area contributed by atoms with Gasteiger partial charge in [0.2, 0.25) is 5.91 Å². The lowest BCUT2D eigenvalue weighted by Crippen LogP contribution is -2.65. The van der Waals surface area contributed by atoms with Gasteiger partial charge < -0.3 is 65.1 Å². The molecule has 2 heterocycles. The third-order valence-electron chi connectivity index (χ3n) is 16.5. The third-order valence-corrected chi connectivity index (χ3v) is 16.5. The van der Waals surface area contributed by atoms with Crippen molar-refractivity contribution < 1.29 is 64.6 Å². The van der Waals surface area contributed by atoms with Gasteiger partial charge in [-0.2, -0.15) is 0 Å². The predicted molar refractivity (Wildman–Crippen MR) is 350 cm³/mol. The molecule has 0 saturated carbocycles. The van der Waals surface area contributed by atoms with Crippen molar-refractivity contribution in [1.29, 1.82) is 0 Å². The van der Waals surface area contributed by atoms with E-state index in [9.17, 15) is 45.6 Å². The summed E-state index contributed by atoms with van der Waals surface area (Å²) in [5, 5.41) is 87.1. The zero-order valence-corrected chi connectivity index (χ0v) is 54.0. The molecule has 12 unspecified atom stereocenters. The van der Waals surface area contributed by atoms with Crippen LogP contribution >= 0.6 is 0 Å². The molecule has 14 nitrogen and oxygen atoms in total. The van der Waals surface area contributed by atoms with Gasteiger partial charge in [-0.3, -0.25) is 4.79 Å². The average molecular weight is 1210 g/mol. The molecule has 0 aromatic carbocycles. The summed E-state index contributed by atoms with van der Waals surface area (Å²) in [4.78, 5) is 13.3. The fraction of sp³-hybridized carbons (Fsp3) is 0.792. The molecule has 0 bridgehead atoms. The fourth-order valence-corrected chi connectivity index (χ4v) is 11.0. The number of carbonyl (C=O) groups is 1. The maximum atomic E-state index is 13.3. The number of rotatable bonds is 56. The first-order chi connectivity index (χ1) is 42.1. The molecule has 0 spiro atoms. The maximum absolute atomic E-state index is 13.3. The van der Waals surface area contributed by atoms with Gasteiger partial charge in [-0.1, -0.05) is 266 Å². The zero-order valence-electron chi connectivity index (χ0n) is 54.0. The van der Waals surface area contributed by atoms with Crippen molar-refractivity contribution >= 4 is 5.91 Å². The van der Waals surface area contributed by atoms with Crippen molar-refractivity contribution in [2.45, 2.75) is 344 Å². The van der Waals surface area contributed by atoms with Crippen molar-refractivity contribution in [1.82, 2.24) is 5.32 Å². The Balaban J connectivity index is 1.56. The monoisotopic (exact) mass is 1210 g/mol. The van der Waals surface area contributed by atoms with Crippen LogP contribution in [0.5, 0.6) is 0 Å². The molecule has 2 saturated heterocycles. The van der Waals surface area contributed by atoms with E-state index in [1.54, 1.807) is 6.08 Å². The first kappa shape index (κ1) is 79.3. The Labute approximate surface area is 522 Å². The van der Waals surface area contributed by atoms with Crippen molar-refractivity contribution in [3.05, 3.63) is 85.1 Å². The molecule has 0 aliphatic carbocycles. The van der Waals surface area contributed by atoms with Crippen LogP contribution in [0.3, 0.4) is 0 Å². The van der Waals surface area contributed by atoms with Gasteiger partial charge in [0, 0.05) is 6.42 Å². The van der Waals surface area contributed by atoms with Crippen LogP contribution in [-0.2, 0) is 23.7 Å². The van der Waals surface area contributed by atoms with Crippen LogP contribution in [0, 0.1) is 0 Å². The van der Waals surface area contributed by atoms with Crippen molar-refractivity contribution in [3.8, 4) is 0 Å². The second-order valence-corrected chi connectivity index (χ2v) is 24.3. The molecule has 86 heavy (non-hydrogen) atoms. The van der Waals surface area contributed by atoms with E-state index in [1.165, 1.54) is 167 Å². The Hall–Kier alpha value is -2.83. The summed E-state index contributed by atoms with van der Waals surface area (Å²) >= 11 is 0. The minimum atomic E-state index is -1.79. The standard InChI is InChI=1S/C72H127NO13/c1-3-5-7-9-11-13-15-17-18-19-20-21-22-23-24-25-26-27-28-29-30-31-32-33-34-35-36-37-38-39-40-41-42-44-46-48-50-52-54-56-64(77)73-60(61(76)55-53-51-49-47-45-43-16-14-12-10-8-6-4-2)59-83-71-69(82)67(80)70(63(58-75)85-71)86-72-68(81)66(79)65(78)62(57-74)84-72/h5,7,11-14,17-18,20-21,45,47,53,55,60-63,65-72,74-76,78-82H,3-4,6,8-10,15-16,19,22-44,46,48-52,54,56-59H2,1-2H3,(H,73,77)/b7-5-,13-11-,14-12+,18-17-,21-20-,47-45+,55-53+. The molecule has 2 fully saturated rings. The van der Waals surface area contributed by atoms with Crippen LogP contribution in [-0.4, -0.2) is 140 Å². The first-order valence-electron chi connectivity index (χ1n) is 34.8. The molecule has 0 radical (unpaired) electrons. The topological polar surface area (TPSA) is 228 Å². The van der Waals surface area contributed by atoms with Gasteiger partial charge in [0.15, 0.2) is 12.6 Å². The van der Waals surface area contributed by atoms with Gasteiger partial charge in [-0.25, -0.2) is 0 Å². The Bertz CT molecular complexity index is 1770. The molecule has 0 aromatic heterocycles. The Kier molecular flexibility index (Phi) is 51.8. The van der Waals surface area contributed by atoms with Crippen molar-refractivity contribution in [3.63, 3.8) is 0 Å². The molecular weight excluding hydrogens is 1090 g/mol. The Morgan fingerprint density at radius 1 is 0.430 bits per heavy atom. The van der Waals surface area contributed by atoms with Crippen LogP contribution < -0.4 is 5.32 Å². The van der Waals surface area contributed by atoms with Crippen molar-refractivity contribution in [2.75, 3.05) is 19.8 Å². The lowest BCUT2D eigenvalue weighted by Gasteiger charge is -2.46. The number of carbonyl (C=O) groups excluding carboxylic acids is 1. The summed E-state index contributed by atoms with van der Waals surface area (Å²) in [5.74, 6) is -0.252. The summed E-state index contributed by atoms with van der Waals surface area (Å²) in [6.45, 7) is 2.63. The largest absolute Gasteiger partial charge is 0.394 e. The van der Waals surface area contributed by atoms with E-state index in [1.807, 2.05) is 6.08 Å². The predicted octanol–water partition coefficient (Wildman–Crippen LogP) is 14.0. The first-order valence-corrected chi connectivity index (χ1v) is 34.8. The maximum Gasteiger partial charge on any atom is 0.220 e. The number of allylic oxidation sites excluding steroid dienone is 13. The number of aliphatic hydroxyl groups is 8. The number of ether oxygens (including phenoxy) is 4. The summed E-state index contributed by atoms with van der Waals surface area (Å²) in [7, 11) is 0. The van der Waals surface area contributed by atoms with Crippen molar-refractivity contribution in [2.24, 2.45) is 0 Å². The number of unbranched alkanes of at least 4 members (excludes halogenated alkanes) is 31. The SMILES string of the molecule is CC/C=C\C/C=C\C/C=C\C/C=C\CCCCCCCCCCCCCCCCCCCCCCCCCCCCC(=O)NC(COC1OC(CO)C(OC2OC(CO)C(O)C(O)C2O)C(O)C1O)C(O)/C=C/CC/C=C/CC/C=C/CCCCC. The normalized spacial score (nSPS) is 23.9. The molecule has 1 amide bonds. The highest BCUT2D eigenvalue weighted by molar-refractivity contribution is 5.76. The lowest BCUT2D eigenvalue weighted by molar-refractivity contribution is -0.359. The highest BCUT2D eigenvalue weighted by Gasteiger charge is 2.51. The van der Waals surface area contributed by atoms with E-state index in [-0.39, 0.29) is 18.9 Å². The highest BCUT2D eigenvalue weighted by Crippen LogP contribution is 2.30.